The maximum Gasteiger partial charge on any atom is 0.312 e. The van der Waals surface area contributed by atoms with Crippen LogP contribution in [0.5, 0.6) is 0 Å². The number of hydrazine groups is 1. The van der Waals surface area contributed by atoms with Gasteiger partial charge in [0.15, 0.2) is 0 Å². The lowest BCUT2D eigenvalue weighted by Gasteiger charge is -2.18. The van der Waals surface area contributed by atoms with Crippen LogP contribution in [0.3, 0.4) is 0 Å². The van der Waals surface area contributed by atoms with Crippen molar-refractivity contribution in [1.82, 2.24) is 16.2 Å². The lowest BCUT2D eigenvalue weighted by molar-refractivity contribution is -0.122. The minimum atomic E-state index is -0.737. The summed E-state index contributed by atoms with van der Waals surface area (Å²) in [5.41, 5.74) is 10.9. The highest BCUT2D eigenvalue weighted by Crippen LogP contribution is 2.17. The maximum atomic E-state index is 12.1. The second-order valence-corrected chi connectivity index (χ2v) is 6.01. The number of carbonyl (C=O) groups excluding carboxylic acids is 3. The first-order valence-electron chi connectivity index (χ1n) is 7.42. The Kier molecular flexibility index (Phi) is 6.53. The van der Waals surface area contributed by atoms with Crippen molar-refractivity contribution < 1.29 is 14.4 Å². The Morgan fingerprint density at radius 3 is 2.24 bits per heavy atom. The van der Waals surface area contributed by atoms with E-state index in [4.69, 9.17) is 5.73 Å². The van der Waals surface area contributed by atoms with Crippen LogP contribution in [0.1, 0.15) is 28.4 Å². The SMILES string of the molecule is NC(=O)NC(CC(=O)NNC(=O)c1ccccc1Br)c1ccccc1. The van der Waals surface area contributed by atoms with Crippen LogP contribution in [0.4, 0.5) is 4.79 Å². The molecule has 0 aliphatic carbocycles. The summed E-state index contributed by atoms with van der Waals surface area (Å²) in [6.07, 6.45) is -0.0802. The topological polar surface area (TPSA) is 113 Å². The normalized spacial score (nSPS) is 11.2. The summed E-state index contributed by atoms with van der Waals surface area (Å²) in [6, 6.07) is 14.4. The fourth-order valence-corrected chi connectivity index (χ4v) is 2.65. The van der Waals surface area contributed by atoms with Gasteiger partial charge in [-0.05, 0) is 33.6 Å². The molecule has 0 heterocycles. The van der Waals surface area contributed by atoms with Crippen LogP contribution < -0.4 is 21.9 Å². The molecule has 130 valence electrons. The quantitative estimate of drug-likeness (QED) is 0.571. The molecule has 0 bridgehead atoms. The fourth-order valence-electron chi connectivity index (χ4n) is 2.18. The van der Waals surface area contributed by atoms with E-state index in [1.165, 1.54) is 0 Å². The molecule has 5 N–H and O–H groups in total. The molecule has 25 heavy (non-hydrogen) atoms. The Morgan fingerprint density at radius 2 is 1.60 bits per heavy atom. The summed E-state index contributed by atoms with van der Waals surface area (Å²) in [7, 11) is 0. The van der Waals surface area contributed by atoms with E-state index in [2.05, 4.69) is 32.1 Å². The van der Waals surface area contributed by atoms with Crippen molar-refractivity contribution in [3.63, 3.8) is 0 Å². The molecule has 1 unspecified atom stereocenters. The van der Waals surface area contributed by atoms with Crippen molar-refractivity contribution in [1.29, 1.82) is 0 Å². The van der Waals surface area contributed by atoms with Crippen molar-refractivity contribution >= 4 is 33.8 Å². The molecule has 2 aromatic rings. The number of hydrogen-bond donors (Lipinski definition) is 4. The van der Waals surface area contributed by atoms with Crippen molar-refractivity contribution in [2.75, 3.05) is 0 Å². The second kappa shape index (κ2) is 8.84. The van der Waals surface area contributed by atoms with Gasteiger partial charge in [-0.3, -0.25) is 20.4 Å². The standard InChI is InChI=1S/C17H17BrN4O3/c18-13-9-5-4-8-12(13)16(24)22-21-15(23)10-14(20-17(19)25)11-6-2-1-3-7-11/h1-9,14H,10H2,(H,21,23)(H,22,24)(H3,19,20,25). The molecule has 7 nitrogen and oxygen atoms in total. The van der Waals surface area contributed by atoms with Crippen LogP contribution in [-0.4, -0.2) is 17.8 Å². The molecular formula is C17H17BrN4O3. The van der Waals surface area contributed by atoms with Crippen molar-refractivity contribution in [3.8, 4) is 0 Å². The van der Waals surface area contributed by atoms with Gasteiger partial charge in [0.1, 0.15) is 0 Å². The van der Waals surface area contributed by atoms with Gasteiger partial charge in [0.05, 0.1) is 18.0 Å². The average Bonchev–Trinajstić information content (AvgIpc) is 2.60. The Labute approximate surface area is 153 Å². The molecule has 0 saturated carbocycles. The zero-order valence-electron chi connectivity index (χ0n) is 13.2. The van der Waals surface area contributed by atoms with E-state index in [1.54, 1.807) is 48.5 Å². The molecule has 0 spiro atoms. The van der Waals surface area contributed by atoms with Gasteiger partial charge in [0.25, 0.3) is 5.91 Å². The highest BCUT2D eigenvalue weighted by Gasteiger charge is 2.18. The molecule has 2 aromatic carbocycles. The second-order valence-electron chi connectivity index (χ2n) is 5.16. The number of primary amides is 1. The summed E-state index contributed by atoms with van der Waals surface area (Å²) in [6.45, 7) is 0. The van der Waals surface area contributed by atoms with Crippen LogP contribution >= 0.6 is 15.9 Å². The number of amides is 4. The van der Waals surface area contributed by atoms with Crippen LogP contribution in [0.25, 0.3) is 0 Å². The molecule has 0 aliphatic rings. The predicted molar refractivity (Wildman–Crippen MR) is 96.3 cm³/mol. The maximum absolute atomic E-state index is 12.1. The largest absolute Gasteiger partial charge is 0.352 e. The molecule has 0 saturated heterocycles. The fraction of sp³-hybridized carbons (Fsp3) is 0.118. The van der Waals surface area contributed by atoms with Gasteiger partial charge in [-0.2, -0.15) is 0 Å². The highest BCUT2D eigenvalue weighted by molar-refractivity contribution is 9.10. The summed E-state index contributed by atoms with van der Waals surface area (Å²) in [5.74, 6) is -0.928. The molecule has 0 aromatic heterocycles. The van der Waals surface area contributed by atoms with E-state index in [0.717, 1.165) is 5.56 Å². The molecule has 0 aliphatic heterocycles. The summed E-state index contributed by atoms with van der Waals surface area (Å²) >= 11 is 3.27. The predicted octanol–water partition coefficient (Wildman–Crippen LogP) is 2.01. The van der Waals surface area contributed by atoms with Gasteiger partial charge >= 0.3 is 6.03 Å². The lowest BCUT2D eigenvalue weighted by Crippen LogP contribution is -2.44. The van der Waals surface area contributed by atoms with E-state index in [-0.39, 0.29) is 6.42 Å². The highest BCUT2D eigenvalue weighted by atomic mass is 79.9. The van der Waals surface area contributed by atoms with Gasteiger partial charge in [0.2, 0.25) is 5.91 Å². The number of urea groups is 1. The van der Waals surface area contributed by atoms with E-state index in [0.29, 0.717) is 10.0 Å². The molecule has 0 radical (unpaired) electrons. The first kappa shape index (κ1) is 18.5. The third-order valence-electron chi connectivity index (χ3n) is 3.34. The van der Waals surface area contributed by atoms with Crippen molar-refractivity contribution in [2.24, 2.45) is 5.73 Å². The van der Waals surface area contributed by atoms with E-state index >= 15 is 0 Å². The lowest BCUT2D eigenvalue weighted by atomic mass is 10.0. The first-order valence-corrected chi connectivity index (χ1v) is 8.21. The number of halogens is 1. The molecule has 8 heteroatoms. The molecule has 0 fully saturated rings. The first-order chi connectivity index (χ1) is 12.0. The van der Waals surface area contributed by atoms with Gasteiger partial charge in [-0.1, -0.05) is 42.5 Å². The monoisotopic (exact) mass is 404 g/mol. The average molecular weight is 405 g/mol. The molecular weight excluding hydrogens is 388 g/mol. The molecule has 1 atom stereocenters. The summed E-state index contributed by atoms with van der Waals surface area (Å²) < 4.78 is 0.610. The minimum Gasteiger partial charge on any atom is -0.352 e. The third kappa shape index (κ3) is 5.61. The van der Waals surface area contributed by atoms with Gasteiger partial charge in [0, 0.05) is 4.47 Å². The minimum absolute atomic E-state index is 0.0802. The van der Waals surface area contributed by atoms with Crippen LogP contribution in [0.15, 0.2) is 59.1 Å². The number of hydrogen-bond acceptors (Lipinski definition) is 3. The van der Waals surface area contributed by atoms with Crippen LogP contribution in [-0.2, 0) is 4.79 Å². The number of carbonyl (C=O) groups is 3. The van der Waals surface area contributed by atoms with Crippen LogP contribution in [0.2, 0.25) is 0 Å². The Balaban J connectivity index is 1.96. The Hall–Kier alpha value is -2.87. The van der Waals surface area contributed by atoms with Gasteiger partial charge in [-0.15, -0.1) is 0 Å². The van der Waals surface area contributed by atoms with Crippen molar-refractivity contribution in [2.45, 2.75) is 12.5 Å². The molecule has 2 rings (SSSR count). The Bertz CT molecular complexity index is 767. The van der Waals surface area contributed by atoms with Crippen LogP contribution in [0, 0.1) is 0 Å². The summed E-state index contributed by atoms with van der Waals surface area (Å²) in [4.78, 5) is 35.3. The number of nitrogens with one attached hydrogen (secondary N) is 3. The Morgan fingerprint density at radius 1 is 0.960 bits per heavy atom. The number of benzene rings is 2. The van der Waals surface area contributed by atoms with Gasteiger partial charge < -0.3 is 11.1 Å². The van der Waals surface area contributed by atoms with Gasteiger partial charge in [-0.25, -0.2) is 4.79 Å². The summed E-state index contributed by atoms with van der Waals surface area (Å²) in [5, 5.41) is 2.51. The van der Waals surface area contributed by atoms with Crippen molar-refractivity contribution in [3.05, 3.63) is 70.2 Å². The number of rotatable bonds is 5. The van der Waals surface area contributed by atoms with E-state index in [1.807, 2.05) is 6.07 Å². The zero-order chi connectivity index (χ0) is 18.2. The third-order valence-corrected chi connectivity index (χ3v) is 4.03. The number of nitrogens with two attached hydrogens (primary N) is 1. The van der Waals surface area contributed by atoms with E-state index < -0.39 is 23.9 Å². The molecule has 4 amide bonds. The van der Waals surface area contributed by atoms with E-state index in [9.17, 15) is 14.4 Å². The zero-order valence-corrected chi connectivity index (χ0v) is 14.7. The smallest absolute Gasteiger partial charge is 0.312 e.